The van der Waals surface area contributed by atoms with Crippen molar-refractivity contribution in [3.8, 4) is 0 Å². The van der Waals surface area contributed by atoms with Crippen LogP contribution in [0, 0.1) is 0 Å². The largest absolute Gasteiger partial charge is 0.480 e. The van der Waals surface area contributed by atoms with E-state index in [-0.39, 0.29) is 19.1 Å². The van der Waals surface area contributed by atoms with Gasteiger partial charge in [-0.25, -0.2) is 0 Å². The molecule has 0 aliphatic carbocycles. The molecule has 2 aromatic carbocycles. The van der Waals surface area contributed by atoms with Crippen LogP contribution in [0.1, 0.15) is 31.4 Å². The van der Waals surface area contributed by atoms with Crippen LogP contribution in [0.25, 0.3) is 0 Å². The number of carboxylic acid groups (broad SMARTS) is 1. The first kappa shape index (κ1) is 24.1. The smallest absolute Gasteiger partial charge is 0.323 e. The lowest BCUT2D eigenvalue weighted by Gasteiger charge is -2.27. The Hall–Kier alpha value is -3.19. The molecule has 0 saturated carbocycles. The van der Waals surface area contributed by atoms with Gasteiger partial charge in [0.25, 0.3) is 0 Å². The van der Waals surface area contributed by atoms with Gasteiger partial charge in [-0.05, 0) is 37.8 Å². The molecular weight excluding hydrogens is 396 g/mol. The molecule has 0 aromatic heterocycles. The maximum Gasteiger partial charge on any atom is 0.323 e. The number of rotatable bonds is 12. The number of amides is 1. The third-order valence-electron chi connectivity index (χ3n) is 4.81. The van der Waals surface area contributed by atoms with Crippen LogP contribution in [0.2, 0.25) is 0 Å². The quantitative estimate of drug-likeness (QED) is 0.507. The van der Waals surface area contributed by atoms with E-state index in [9.17, 15) is 19.5 Å². The predicted octanol–water partition coefficient (Wildman–Crippen LogP) is 2.64. The van der Waals surface area contributed by atoms with Crippen molar-refractivity contribution in [3.63, 3.8) is 0 Å². The van der Waals surface area contributed by atoms with Gasteiger partial charge in [-0.1, -0.05) is 60.7 Å². The summed E-state index contributed by atoms with van der Waals surface area (Å²) in [5.74, 6) is -1.91. The van der Waals surface area contributed by atoms with Crippen molar-refractivity contribution in [1.82, 2.24) is 10.2 Å². The van der Waals surface area contributed by atoms with Gasteiger partial charge in [0.1, 0.15) is 12.6 Å². The minimum absolute atomic E-state index is 0.173. The molecule has 0 aliphatic rings. The third-order valence-corrected chi connectivity index (χ3v) is 4.81. The monoisotopic (exact) mass is 426 g/mol. The Morgan fingerprint density at radius 2 is 1.58 bits per heavy atom. The summed E-state index contributed by atoms with van der Waals surface area (Å²) in [5.41, 5.74) is 1.91. The van der Waals surface area contributed by atoms with Crippen LogP contribution in [0.4, 0.5) is 0 Å². The molecular formula is C24H30N2O5. The molecule has 2 aromatic rings. The van der Waals surface area contributed by atoms with Crippen LogP contribution < -0.4 is 5.32 Å². The number of esters is 1. The highest BCUT2D eigenvalue weighted by molar-refractivity contribution is 5.86. The number of carbonyl (C=O) groups excluding carboxylic acids is 2. The van der Waals surface area contributed by atoms with Gasteiger partial charge < -0.3 is 14.7 Å². The topological polar surface area (TPSA) is 95.9 Å². The molecule has 7 nitrogen and oxygen atoms in total. The van der Waals surface area contributed by atoms with E-state index in [1.165, 1.54) is 4.90 Å². The Labute approximate surface area is 183 Å². The van der Waals surface area contributed by atoms with Gasteiger partial charge in [0.05, 0.1) is 12.6 Å². The molecule has 1 amide bonds. The van der Waals surface area contributed by atoms with E-state index < -0.39 is 30.6 Å². The van der Waals surface area contributed by atoms with Gasteiger partial charge in [-0.3, -0.25) is 19.7 Å². The van der Waals surface area contributed by atoms with E-state index in [1.807, 2.05) is 60.7 Å². The highest BCUT2D eigenvalue weighted by atomic mass is 16.5. The fourth-order valence-corrected chi connectivity index (χ4v) is 3.29. The first-order chi connectivity index (χ1) is 14.9. The van der Waals surface area contributed by atoms with Crippen molar-refractivity contribution in [2.24, 2.45) is 0 Å². The van der Waals surface area contributed by atoms with Crippen LogP contribution in [-0.4, -0.2) is 53.1 Å². The first-order valence-corrected chi connectivity index (χ1v) is 10.4. The number of nitrogens with zero attached hydrogens (tertiary/aromatic N) is 1. The van der Waals surface area contributed by atoms with Gasteiger partial charge in [0.15, 0.2) is 0 Å². The van der Waals surface area contributed by atoms with Gasteiger partial charge in [-0.15, -0.1) is 0 Å². The fourth-order valence-electron chi connectivity index (χ4n) is 3.29. The van der Waals surface area contributed by atoms with E-state index in [2.05, 4.69) is 5.32 Å². The van der Waals surface area contributed by atoms with Crippen LogP contribution in [-0.2, 0) is 32.1 Å². The second kappa shape index (κ2) is 12.5. The van der Waals surface area contributed by atoms with E-state index in [0.717, 1.165) is 11.1 Å². The number of aryl methyl sites for hydroxylation is 1. The molecule has 0 bridgehead atoms. The SMILES string of the molecule is CCOC(=O)C(CCc1ccccc1)N[C@@H](C)C(=O)N(CC(=O)O)Cc1ccccc1. The number of ether oxygens (including phenoxy) is 1. The average molecular weight is 427 g/mol. The number of nitrogens with one attached hydrogen (secondary N) is 1. The minimum atomic E-state index is -1.09. The summed E-state index contributed by atoms with van der Waals surface area (Å²) < 4.78 is 5.17. The van der Waals surface area contributed by atoms with Gasteiger partial charge in [-0.2, -0.15) is 0 Å². The highest BCUT2D eigenvalue weighted by Gasteiger charge is 2.28. The summed E-state index contributed by atoms with van der Waals surface area (Å²) in [7, 11) is 0. The summed E-state index contributed by atoms with van der Waals surface area (Å²) in [5, 5.41) is 12.3. The number of hydrogen-bond acceptors (Lipinski definition) is 5. The van der Waals surface area contributed by atoms with Gasteiger partial charge >= 0.3 is 11.9 Å². The molecule has 2 rings (SSSR count). The average Bonchev–Trinajstić information content (AvgIpc) is 2.76. The molecule has 1 unspecified atom stereocenters. The zero-order valence-electron chi connectivity index (χ0n) is 18.0. The van der Waals surface area contributed by atoms with Crippen LogP contribution in [0.3, 0.4) is 0 Å². The molecule has 166 valence electrons. The summed E-state index contributed by atoms with van der Waals surface area (Å²) in [6, 6.07) is 17.5. The molecule has 0 saturated heterocycles. The molecule has 0 heterocycles. The summed E-state index contributed by atoms with van der Waals surface area (Å²) in [6.45, 7) is 3.36. The van der Waals surface area contributed by atoms with Crippen LogP contribution in [0.15, 0.2) is 60.7 Å². The Kier molecular flexibility index (Phi) is 9.71. The standard InChI is InChI=1S/C24H30N2O5/c1-3-31-24(30)21(15-14-19-10-6-4-7-11-19)25-18(2)23(29)26(17-22(27)28)16-20-12-8-5-9-13-20/h4-13,18,21,25H,3,14-17H2,1-2H3,(H,27,28)/t18-,21?/m0/s1. The number of benzene rings is 2. The van der Waals surface area contributed by atoms with Crippen molar-refractivity contribution in [2.75, 3.05) is 13.2 Å². The van der Waals surface area contributed by atoms with E-state index in [0.29, 0.717) is 12.8 Å². The van der Waals surface area contributed by atoms with E-state index >= 15 is 0 Å². The van der Waals surface area contributed by atoms with E-state index in [4.69, 9.17) is 4.74 Å². The Morgan fingerprint density at radius 1 is 1.00 bits per heavy atom. The van der Waals surface area contributed by atoms with Crippen molar-refractivity contribution in [3.05, 3.63) is 71.8 Å². The molecule has 0 aliphatic heterocycles. The predicted molar refractivity (Wildman–Crippen MR) is 117 cm³/mol. The van der Waals surface area contributed by atoms with Gasteiger partial charge in [0.2, 0.25) is 5.91 Å². The fraction of sp³-hybridized carbons (Fsp3) is 0.375. The Morgan fingerprint density at radius 3 is 2.13 bits per heavy atom. The number of carboxylic acids is 1. The molecule has 0 fully saturated rings. The van der Waals surface area contributed by atoms with Gasteiger partial charge in [0, 0.05) is 6.54 Å². The molecule has 31 heavy (non-hydrogen) atoms. The highest BCUT2D eigenvalue weighted by Crippen LogP contribution is 2.10. The summed E-state index contributed by atoms with van der Waals surface area (Å²) >= 11 is 0. The third kappa shape index (κ3) is 8.22. The zero-order chi connectivity index (χ0) is 22.6. The zero-order valence-corrected chi connectivity index (χ0v) is 18.0. The first-order valence-electron chi connectivity index (χ1n) is 10.4. The normalized spacial score (nSPS) is 12.6. The lowest BCUT2D eigenvalue weighted by atomic mass is 10.0. The molecule has 2 atom stereocenters. The lowest BCUT2D eigenvalue weighted by molar-refractivity contribution is -0.148. The second-order valence-corrected chi connectivity index (χ2v) is 7.29. The molecule has 2 N–H and O–H groups in total. The maximum atomic E-state index is 13.0. The number of aliphatic carboxylic acids is 1. The minimum Gasteiger partial charge on any atom is -0.480 e. The molecule has 0 spiro atoms. The maximum absolute atomic E-state index is 13.0. The second-order valence-electron chi connectivity index (χ2n) is 7.29. The van der Waals surface area contributed by atoms with Crippen LogP contribution >= 0.6 is 0 Å². The Bertz CT molecular complexity index is 842. The summed E-state index contributed by atoms with van der Waals surface area (Å²) in [6.07, 6.45) is 1.10. The lowest BCUT2D eigenvalue weighted by Crippen LogP contribution is -2.51. The number of carbonyl (C=O) groups is 3. The van der Waals surface area contributed by atoms with Crippen LogP contribution in [0.5, 0.6) is 0 Å². The number of hydrogen-bond donors (Lipinski definition) is 2. The molecule has 0 radical (unpaired) electrons. The van der Waals surface area contributed by atoms with Crippen molar-refractivity contribution >= 4 is 17.8 Å². The van der Waals surface area contributed by atoms with Crippen molar-refractivity contribution < 1.29 is 24.2 Å². The molecule has 7 heteroatoms. The Balaban J connectivity index is 2.08. The summed E-state index contributed by atoms with van der Waals surface area (Å²) in [4.78, 5) is 38.1. The van der Waals surface area contributed by atoms with E-state index in [1.54, 1.807) is 13.8 Å². The van der Waals surface area contributed by atoms with Crippen molar-refractivity contribution in [2.45, 2.75) is 45.3 Å². The van der Waals surface area contributed by atoms with Crippen molar-refractivity contribution in [1.29, 1.82) is 0 Å².